The molecule has 0 aromatic carbocycles. The molecule has 0 fully saturated rings. The minimum absolute atomic E-state index is 0.160. The predicted octanol–water partition coefficient (Wildman–Crippen LogP) is 0.585. The molecule has 16 heavy (non-hydrogen) atoms. The largest absolute Gasteiger partial charge is 0.480 e. The first-order chi connectivity index (χ1) is 7.25. The molecule has 4 N–H and O–H groups in total. The van der Waals surface area contributed by atoms with Gasteiger partial charge in [-0.15, -0.1) is 0 Å². The molecule has 2 atom stereocenters. The van der Waals surface area contributed by atoms with Crippen molar-refractivity contribution in [2.45, 2.75) is 46.2 Å². The first kappa shape index (κ1) is 14.9. The van der Waals surface area contributed by atoms with Crippen molar-refractivity contribution in [1.82, 2.24) is 5.32 Å². The van der Waals surface area contributed by atoms with Gasteiger partial charge in [-0.25, -0.2) is 4.79 Å². The van der Waals surface area contributed by atoms with Gasteiger partial charge in [0.1, 0.15) is 6.04 Å². The smallest absolute Gasteiger partial charge is 0.326 e. The average Bonchev–Trinajstić information content (AvgIpc) is 2.11. The Morgan fingerprint density at radius 2 is 1.75 bits per heavy atom. The summed E-state index contributed by atoms with van der Waals surface area (Å²) in [5, 5.41) is 11.4. The zero-order valence-corrected chi connectivity index (χ0v) is 10.4. The standard InChI is InChI=1S/C11H22N2O3/c1-6(2)5-8(12)10(14)13-9(7(3)4)11(15)16/h6-9H,5,12H2,1-4H3,(H,13,14)(H,15,16)/t8?,9-/m0/s1. The number of nitrogens with two attached hydrogens (primary N) is 1. The lowest BCUT2D eigenvalue weighted by Crippen LogP contribution is -2.50. The summed E-state index contributed by atoms with van der Waals surface area (Å²) in [4.78, 5) is 22.5. The maximum atomic E-state index is 11.6. The van der Waals surface area contributed by atoms with Crippen molar-refractivity contribution < 1.29 is 14.7 Å². The Labute approximate surface area is 96.4 Å². The molecule has 0 heterocycles. The van der Waals surface area contributed by atoms with Crippen LogP contribution in [0.2, 0.25) is 0 Å². The van der Waals surface area contributed by atoms with Gasteiger partial charge in [0.2, 0.25) is 5.91 Å². The molecule has 0 bridgehead atoms. The first-order valence-corrected chi connectivity index (χ1v) is 5.54. The molecule has 0 saturated heterocycles. The normalized spacial score (nSPS) is 14.9. The second-order valence-electron chi connectivity index (χ2n) is 4.80. The maximum Gasteiger partial charge on any atom is 0.326 e. The minimum Gasteiger partial charge on any atom is -0.480 e. The molecule has 5 heteroatoms. The van der Waals surface area contributed by atoms with Gasteiger partial charge in [-0.05, 0) is 18.3 Å². The van der Waals surface area contributed by atoms with E-state index in [0.29, 0.717) is 12.3 Å². The Bertz CT molecular complexity index is 252. The van der Waals surface area contributed by atoms with Crippen LogP contribution in [0.15, 0.2) is 0 Å². The molecule has 0 aliphatic heterocycles. The monoisotopic (exact) mass is 230 g/mol. The highest BCUT2D eigenvalue weighted by atomic mass is 16.4. The van der Waals surface area contributed by atoms with Crippen LogP contribution in [0.25, 0.3) is 0 Å². The number of nitrogens with one attached hydrogen (secondary N) is 1. The molecule has 0 saturated carbocycles. The van der Waals surface area contributed by atoms with E-state index in [1.54, 1.807) is 13.8 Å². The van der Waals surface area contributed by atoms with E-state index >= 15 is 0 Å². The van der Waals surface area contributed by atoms with E-state index in [4.69, 9.17) is 10.8 Å². The van der Waals surface area contributed by atoms with Crippen molar-refractivity contribution in [3.8, 4) is 0 Å². The average molecular weight is 230 g/mol. The molecule has 0 aliphatic carbocycles. The van der Waals surface area contributed by atoms with E-state index in [-0.39, 0.29) is 5.92 Å². The zero-order valence-electron chi connectivity index (χ0n) is 10.4. The van der Waals surface area contributed by atoms with Crippen molar-refractivity contribution in [3.05, 3.63) is 0 Å². The summed E-state index contributed by atoms with van der Waals surface area (Å²) >= 11 is 0. The zero-order chi connectivity index (χ0) is 12.9. The van der Waals surface area contributed by atoms with Crippen LogP contribution in [0.5, 0.6) is 0 Å². The molecule has 0 rings (SSSR count). The predicted molar refractivity (Wildman–Crippen MR) is 61.8 cm³/mol. The van der Waals surface area contributed by atoms with Crippen molar-refractivity contribution >= 4 is 11.9 Å². The van der Waals surface area contributed by atoms with Crippen LogP contribution in [0.4, 0.5) is 0 Å². The van der Waals surface area contributed by atoms with Crippen LogP contribution in [0, 0.1) is 11.8 Å². The van der Waals surface area contributed by atoms with Crippen molar-refractivity contribution in [2.75, 3.05) is 0 Å². The SMILES string of the molecule is CC(C)CC(N)C(=O)N[C@H](C(=O)O)C(C)C. The molecule has 0 aliphatic rings. The van der Waals surface area contributed by atoms with Crippen LogP contribution < -0.4 is 11.1 Å². The summed E-state index contributed by atoms with van der Waals surface area (Å²) in [6.45, 7) is 7.41. The first-order valence-electron chi connectivity index (χ1n) is 5.54. The van der Waals surface area contributed by atoms with Gasteiger partial charge in [-0.3, -0.25) is 4.79 Å². The topological polar surface area (TPSA) is 92.4 Å². The number of amides is 1. The van der Waals surface area contributed by atoms with Gasteiger partial charge in [0, 0.05) is 0 Å². The van der Waals surface area contributed by atoms with E-state index in [2.05, 4.69) is 5.32 Å². The van der Waals surface area contributed by atoms with E-state index in [9.17, 15) is 9.59 Å². The van der Waals surface area contributed by atoms with Crippen LogP contribution in [0.3, 0.4) is 0 Å². The third-order valence-corrected chi connectivity index (χ3v) is 2.29. The number of carboxylic acids is 1. The Morgan fingerprint density at radius 3 is 2.06 bits per heavy atom. The van der Waals surface area contributed by atoms with Crippen molar-refractivity contribution in [2.24, 2.45) is 17.6 Å². The van der Waals surface area contributed by atoms with E-state index < -0.39 is 24.0 Å². The molecular weight excluding hydrogens is 208 g/mol. The van der Waals surface area contributed by atoms with Crippen molar-refractivity contribution in [1.29, 1.82) is 0 Å². The molecule has 0 spiro atoms. The molecule has 1 amide bonds. The second-order valence-corrected chi connectivity index (χ2v) is 4.80. The van der Waals surface area contributed by atoms with E-state index in [1.165, 1.54) is 0 Å². The summed E-state index contributed by atoms with van der Waals surface area (Å²) in [7, 11) is 0. The number of hydrogen-bond acceptors (Lipinski definition) is 3. The van der Waals surface area contributed by atoms with Gasteiger partial charge < -0.3 is 16.2 Å². The van der Waals surface area contributed by atoms with Gasteiger partial charge in [0.05, 0.1) is 6.04 Å². The van der Waals surface area contributed by atoms with Gasteiger partial charge in [-0.1, -0.05) is 27.7 Å². The number of carboxylic acid groups (broad SMARTS) is 1. The van der Waals surface area contributed by atoms with Crippen LogP contribution in [0.1, 0.15) is 34.1 Å². The highest BCUT2D eigenvalue weighted by Gasteiger charge is 2.25. The summed E-state index contributed by atoms with van der Waals surface area (Å²) in [6.07, 6.45) is 0.552. The van der Waals surface area contributed by atoms with Gasteiger partial charge in [-0.2, -0.15) is 0 Å². The Morgan fingerprint density at radius 1 is 1.25 bits per heavy atom. The lowest BCUT2D eigenvalue weighted by Gasteiger charge is -2.21. The van der Waals surface area contributed by atoms with Crippen LogP contribution >= 0.6 is 0 Å². The third kappa shape index (κ3) is 5.11. The number of aliphatic carboxylic acids is 1. The van der Waals surface area contributed by atoms with Gasteiger partial charge in [0.15, 0.2) is 0 Å². The Balaban J connectivity index is 4.35. The lowest BCUT2D eigenvalue weighted by molar-refractivity contribution is -0.143. The summed E-state index contributed by atoms with van der Waals surface area (Å²) in [6, 6.07) is -1.51. The fraction of sp³-hybridized carbons (Fsp3) is 0.818. The number of carbonyl (C=O) groups excluding carboxylic acids is 1. The number of carbonyl (C=O) groups is 2. The molecule has 0 radical (unpaired) electrons. The van der Waals surface area contributed by atoms with Gasteiger partial charge in [0.25, 0.3) is 0 Å². The molecule has 94 valence electrons. The quantitative estimate of drug-likeness (QED) is 0.622. The molecule has 0 aromatic heterocycles. The second kappa shape index (κ2) is 6.48. The minimum atomic E-state index is -1.03. The highest BCUT2D eigenvalue weighted by molar-refractivity contribution is 5.86. The Kier molecular flexibility index (Phi) is 6.03. The molecule has 5 nitrogen and oxygen atoms in total. The fourth-order valence-corrected chi connectivity index (χ4v) is 1.39. The van der Waals surface area contributed by atoms with Gasteiger partial charge >= 0.3 is 5.97 Å². The molecular formula is C11H22N2O3. The highest BCUT2D eigenvalue weighted by Crippen LogP contribution is 2.05. The van der Waals surface area contributed by atoms with E-state index in [0.717, 1.165) is 0 Å². The fourth-order valence-electron chi connectivity index (χ4n) is 1.39. The number of rotatable bonds is 6. The van der Waals surface area contributed by atoms with Crippen molar-refractivity contribution in [3.63, 3.8) is 0 Å². The third-order valence-electron chi connectivity index (χ3n) is 2.29. The summed E-state index contributed by atoms with van der Waals surface area (Å²) in [5.41, 5.74) is 5.66. The number of hydrogen-bond donors (Lipinski definition) is 3. The summed E-state index contributed by atoms with van der Waals surface area (Å²) < 4.78 is 0. The molecule has 1 unspecified atom stereocenters. The van der Waals surface area contributed by atoms with E-state index in [1.807, 2.05) is 13.8 Å². The van der Waals surface area contributed by atoms with Crippen LogP contribution in [-0.4, -0.2) is 29.1 Å². The van der Waals surface area contributed by atoms with Crippen LogP contribution in [-0.2, 0) is 9.59 Å². The maximum absolute atomic E-state index is 11.6. The molecule has 0 aromatic rings. The Hall–Kier alpha value is -1.10. The summed E-state index contributed by atoms with van der Waals surface area (Å²) in [5.74, 6) is -1.27. The lowest BCUT2D eigenvalue weighted by atomic mass is 10.0.